The van der Waals surface area contributed by atoms with Crippen molar-refractivity contribution in [1.29, 1.82) is 0 Å². The van der Waals surface area contributed by atoms with Crippen LogP contribution in [0.4, 0.5) is 5.82 Å². The second kappa shape index (κ2) is 9.82. The third kappa shape index (κ3) is 5.21. The highest BCUT2D eigenvalue weighted by atomic mass is 16.6. The third-order valence-electron chi connectivity index (χ3n) is 7.17. The van der Waals surface area contributed by atoms with Gasteiger partial charge >= 0.3 is 5.82 Å². The molecule has 1 aromatic heterocycles. The van der Waals surface area contributed by atoms with Gasteiger partial charge in [-0.3, -0.25) is 9.59 Å². The van der Waals surface area contributed by atoms with E-state index in [1.807, 2.05) is 34.1 Å². The maximum atomic E-state index is 12.8. The predicted octanol–water partition coefficient (Wildman–Crippen LogP) is 2.58. The van der Waals surface area contributed by atoms with E-state index in [2.05, 4.69) is 4.98 Å². The average molecular weight is 470 g/mol. The highest BCUT2D eigenvalue weighted by Gasteiger charge is 2.42. The molecule has 2 amide bonds. The zero-order valence-corrected chi connectivity index (χ0v) is 19.7. The summed E-state index contributed by atoms with van der Waals surface area (Å²) in [4.78, 5) is 43.7. The number of benzene rings is 1. The van der Waals surface area contributed by atoms with Crippen molar-refractivity contribution in [3.8, 4) is 5.75 Å². The number of ether oxygens (including phenoxy) is 1. The fourth-order valence-corrected chi connectivity index (χ4v) is 5.04. The van der Waals surface area contributed by atoms with Gasteiger partial charge in [0.05, 0.1) is 13.5 Å². The molecule has 1 spiro atoms. The number of imidazole rings is 1. The lowest BCUT2D eigenvalue weighted by Gasteiger charge is -2.39. The van der Waals surface area contributed by atoms with Crippen LogP contribution in [0.3, 0.4) is 0 Å². The van der Waals surface area contributed by atoms with Gasteiger partial charge in [-0.05, 0) is 52.3 Å². The molecule has 0 radical (unpaired) electrons. The van der Waals surface area contributed by atoms with Gasteiger partial charge in [0, 0.05) is 46.1 Å². The van der Waals surface area contributed by atoms with Gasteiger partial charge in [-0.2, -0.15) is 0 Å². The SMILES string of the molecule is COc1cccc(CC(=O)N2CCC3(CC2)CCN(C(=O)CCn2cc([N+](=O)[O-])nc2C)C3)c1. The first kappa shape index (κ1) is 23.7. The van der Waals surface area contributed by atoms with Crippen molar-refractivity contribution in [2.75, 3.05) is 33.3 Å². The van der Waals surface area contributed by atoms with E-state index in [0.29, 0.717) is 38.4 Å². The molecule has 4 rings (SSSR count). The molecular weight excluding hydrogens is 438 g/mol. The molecule has 2 aromatic rings. The number of aromatic nitrogens is 2. The van der Waals surface area contributed by atoms with E-state index in [1.54, 1.807) is 18.6 Å². The average Bonchev–Trinajstić information content (AvgIpc) is 3.42. The Morgan fingerprint density at radius 2 is 1.85 bits per heavy atom. The predicted molar refractivity (Wildman–Crippen MR) is 124 cm³/mol. The van der Waals surface area contributed by atoms with Gasteiger partial charge in [0.15, 0.2) is 0 Å². The third-order valence-corrected chi connectivity index (χ3v) is 7.17. The Bertz CT molecular complexity index is 1070. The second-order valence-electron chi connectivity index (χ2n) is 9.32. The summed E-state index contributed by atoms with van der Waals surface area (Å²) in [7, 11) is 1.62. The molecule has 2 aliphatic heterocycles. The van der Waals surface area contributed by atoms with Gasteiger partial charge in [0.1, 0.15) is 11.9 Å². The molecule has 0 bridgehead atoms. The number of hydrogen-bond donors (Lipinski definition) is 0. The molecule has 10 heteroatoms. The minimum Gasteiger partial charge on any atom is -0.497 e. The summed E-state index contributed by atoms with van der Waals surface area (Å²) in [5.41, 5.74) is 1.02. The lowest BCUT2D eigenvalue weighted by molar-refractivity contribution is -0.389. The van der Waals surface area contributed by atoms with Gasteiger partial charge in [0.2, 0.25) is 17.6 Å². The van der Waals surface area contributed by atoms with Crippen LogP contribution in [0, 0.1) is 22.5 Å². The molecule has 2 saturated heterocycles. The maximum absolute atomic E-state index is 12.8. The molecule has 0 N–H and O–H groups in total. The smallest absolute Gasteiger partial charge is 0.381 e. The summed E-state index contributed by atoms with van der Waals surface area (Å²) in [6.07, 6.45) is 4.77. The summed E-state index contributed by atoms with van der Waals surface area (Å²) in [5.74, 6) is 1.27. The Morgan fingerprint density at radius 3 is 2.50 bits per heavy atom. The Morgan fingerprint density at radius 1 is 1.15 bits per heavy atom. The molecule has 3 heterocycles. The van der Waals surface area contributed by atoms with Crippen LogP contribution in [0.5, 0.6) is 5.75 Å². The van der Waals surface area contributed by atoms with Gasteiger partial charge < -0.3 is 29.2 Å². The molecule has 10 nitrogen and oxygen atoms in total. The Hall–Kier alpha value is -3.43. The number of nitro groups is 1. The van der Waals surface area contributed by atoms with Crippen LogP contribution in [0.25, 0.3) is 0 Å². The van der Waals surface area contributed by atoms with Gasteiger partial charge in [0.25, 0.3) is 0 Å². The first-order valence-corrected chi connectivity index (χ1v) is 11.7. The van der Waals surface area contributed by atoms with Gasteiger partial charge in [-0.25, -0.2) is 0 Å². The first-order valence-electron chi connectivity index (χ1n) is 11.7. The van der Waals surface area contributed by atoms with Crippen LogP contribution in [-0.4, -0.2) is 69.4 Å². The standard InChI is InChI=1S/C24H31N5O5/c1-18-25-21(29(32)33)16-27(18)10-6-22(30)28-13-9-24(17-28)7-11-26(12-8-24)23(31)15-19-4-3-5-20(14-19)34-2/h3-5,14,16H,6-13,15,17H2,1-2H3. The summed E-state index contributed by atoms with van der Waals surface area (Å²) in [6, 6.07) is 7.60. The molecule has 182 valence electrons. The zero-order chi connectivity index (χ0) is 24.3. The minimum atomic E-state index is -0.524. The number of carbonyl (C=O) groups excluding carboxylic acids is 2. The van der Waals surface area contributed by atoms with Gasteiger partial charge in [-0.15, -0.1) is 0 Å². The van der Waals surface area contributed by atoms with E-state index in [9.17, 15) is 19.7 Å². The molecular formula is C24H31N5O5. The number of hydrogen-bond acceptors (Lipinski definition) is 6. The molecule has 0 aliphatic carbocycles. The van der Waals surface area contributed by atoms with Crippen molar-refractivity contribution in [2.24, 2.45) is 5.41 Å². The van der Waals surface area contributed by atoms with E-state index in [-0.39, 0.29) is 29.5 Å². The highest BCUT2D eigenvalue weighted by molar-refractivity contribution is 5.79. The molecule has 34 heavy (non-hydrogen) atoms. The first-order chi connectivity index (χ1) is 16.3. The molecule has 2 aliphatic rings. The van der Waals surface area contributed by atoms with E-state index in [1.165, 1.54) is 6.20 Å². The number of carbonyl (C=O) groups is 2. The van der Waals surface area contributed by atoms with Crippen molar-refractivity contribution in [3.05, 3.63) is 52.0 Å². The highest BCUT2D eigenvalue weighted by Crippen LogP contribution is 2.40. The Kier molecular flexibility index (Phi) is 6.85. The van der Waals surface area contributed by atoms with Gasteiger partial charge in [-0.1, -0.05) is 12.1 Å². The fourth-order valence-electron chi connectivity index (χ4n) is 5.04. The van der Waals surface area contributed by atoms with Crippen LogP contribution in [0.2, 0.25) is 0 Å². The molecule has 0 atom stereocenters. The van der Waals surface area contributed by atoms with Crippen molar-refractivity contribution >= 4 is 17.6 Å². The summed E-state index contributed by atoms with van der Waals surface area (Å²) in [6.45, 7) is 4.94. The molecule has 2 fully saturated rings. The largest absolute Gasteiger partial charge is 0.497 e. The topological polar surface area (TPSA) is 111 Å². The van der Waals surface area contributed by atoms with Crippen LogP contribution in [0.15, 0.2) is 30.5 Å². The second-order valence-corrected chi connectivity index (χ2v) is 9.32. The number of methoxy groups -OCH3 is 1. The summed E-state index contributed by atoms with van der Waals surface area (Å²) < 4.78 is 6.91. The number of piperidine rings is 1. The Balaban J connectivity index is 1.26. The van der Waals surface area contributed by atoms with Crippen LogP contribution >= 0.6 is 0 Å². The summed E-state index contributed by atoms with van der Waals surface area (Å²) in [5, 5.41) is 10.9. The van der Waals surface area contributed by atoms with Crippen molar-refractivity contribution in [1.82, 2.24) is 19.4 Å². The number of nitrogens with zero attached hydrogens (tertiary/aromatic N) is 5. The minimum absolute atomic E-state index is 0.0594. The lowest BCUT2D eigenvalue weighted by Crippen LogP contribution is -2.45. The molecule has 1 aromatic carbocycles. The number of aryl methyl sites for hydroxylation is 2. The van der Waals surface area contributed by atoms with E-state index in [4.69, 9.17) is 4.74 Å². The fraction of sp³-hybridized carbons (Fsp3) is 0.542. The van der Waals surface area contributed by atoms with Crippen LogP contribution < -0.4 is 4.74 Å². The van der Waals surface area contributed by atoms with Crippen molar-refractivity contribution in [2.45, 2.75) is 45.6 Å². The molecule has 0 saturated carbocycles. The number of likely N-dealkylation sites (tertiary alicyclic amines) is 2. The Labute approximate surface area is 198 Å². The maximum Gasteiger partial charge on any atom is 0.381 e. The van der Waals surface area contributed by atoms with Crippen LogP contribution in [0.1, 0.15) is 37.1 Å². The van der Waals surface area contributed by atoms with E-state index >= 15 is 0 Å². The molecule has 0 unspecified atom stereocenters. The zero-order valence-electron chi connectivity index (χ0n) is 19.7. The van der Waals surface area contributed by atoms with Crippen LogP contribution in [-0.2, 0) is 22.6 Å². The number of rotatable bonds is 7. The quantitative estimate of drug-likeness (QED) is 0.455. The van der Waals surface area contributed by atoms with E-state index in [0.717, 1.165) is 37.1 Å². The monoisotopic (exact) mass is 469 g/mol. The van der Waals surface area contributed by atoms with Crippen molar-refractivity contribution in [3.63, 3.8) is 0 Å². The van der Waals surface area contributed by atoms with E-state index < -0.39 is 4.92 Å². The van der Waals surface area contributed by atoms with Crippen molar-refractivity contribution < 1.29 is 19.2 Å². The summed E-state index contributed by atoms with van der Waals surface area (Å²) >= 11 is 0. The lowest BCUT2D eigenvalue weighted by atomic mass is 9.77. The normalized spacial score (nSPS) is 17.2. The number of amides is 2.